The molecule has 6 heteroatoms. The molecule has 172 valence electrons. The van der Waals surface area contributed by atoms with Crippen LogP contribution < -0.4 is 4.74 Å². The van der Waals surface area contributed by atoms with Gasteiger partial charge in [0.2, 0.25) is 5.91 Å². The molecule has 2 amide bonds. The molecule has 0 spiro atoms. The normalized spacial score (nSPS) is 11.9. The molecule has 6 nitrogen and oxygen atoms in total. The topological polar surface area (TPSA) is 59.1 Å². The van der Waals surface area contributed by atoms with Crippen LogP contribution in [0.15, 0.2) is 67.3 Å². The highest BCUT2D eigenvalue weighted by Gasteiger charge is 2.34. The monoisotopic (exact) mass is 438 g/mol. The lowest BCUT2D eigenvalue weighted by molar-refractivity contribution is -0.136. The van der Waals surface area contributed by atoms with Crippen molar-refractivity contribution in [2.75, 3.05) is 20.7 Å². The highest BCUT2D eigenvalue weighted by molar-refractivity contribution is 5.86. The molecule has 32 heavy (non-hydrogen) atoms. The SMILES string of the molecule is C=CCN(C(=O)OC(C)(C)C)C(Cc1ccccc1)C(=O)N(C)Cc1ccccc1OC. The summed E-state index contributed by atoms with van der Waals surface area (Å²) in [4.78, 5) is 29.7. The molecule has 0 aliphatic rings. The van der Waals surface area contributed by atoms with Gasteiger partial charge in [-0.3, -0.25) is 9.69 Å². The van der Waals surface area contributed by atoms with Crippen LogP contribution in [-0.4, -0.2) is 54.1 Å². The van der Waals surface area contributed by atoms with Gasteiger partial charge in [-0.25, -0.2) is 4.79 Å². The highest BCUT2D eigenvalue weighted by atomic mass is 16.6. The largest absolute Gasteiger partial charge is 0.496 e. The Labute approximate surface area is 191 Å². The number of ether oxygens (including phenoxy) is 2. The number of carbonyl (C=O) groups is 2. The predicted octanol–water partition coefficient (Wildman–Crippen LogP) is 4.69. The van der Waals surface area contributed by atoms with E-state index >= 15 is 0 Å². The van der Waals surface area contributed by atoms with E-state index in [0.717, 1.165) is 11.1 Å². The van der Waals surface area contributed by atoms with Gasteiger partial charge in [-0.05, 0) is 32.4 Å². The minimum absolute atomic E-state index is 0.188. The first-order valence-corrected chi connectivity index (χ1v) is 10.7. The van der Waals surface area contributed by atoms with Crippen molar-refractivity contribution in [3.63, 3.8) is 0 Å². The van der Waals surface area contributed by atoms with Crippen LogP contribution in [0.1, 0.15) is 31.9 Å². The molecular weight excluding hydrogens is 404 g/mol. The van der Waals surface area contributed by atoms with Crippen LogP contribution in [0.2, 0.25) is 0 Å². The van der Waals surface area contributed by atoms with E-state index < -0.39 is 17.7 Å². The molecule has 0 aliphatic carbocycles. The Balaban J connectivity index is 2.36. The second-order valence-corrected chi connectivity index (χ2v) is 8.63. The third kappa shape index (κ3) is 7.15. The summed E-state index contributed by atoms with van der Waals surface area (Å²) in [6.07, 6.45) is 1.43. The average molecular weight is 439 g/mol. The first kappa shape index (κ1) is 25.0. The van der Waals surface area contributed by atoms with E-state index in [2.05, 4.69) is 6.58 Å². The van der Waals surface area contributed by atoms with Crippen LogP contribution in [0.5, 0.6) is 5.75 Å². The summed E-state index contributed by atoms with van der Waals surface area (Å²) in [6, 6.07) is 16.5. The van der Waals surface area contributed by atoms with Gasteiger partial charge in [0.15, 0.2) is 0 Å². The Morgan fingerprint density at radius 1 is 1.06 bits per heavy atom. The molecule has 0 N–H and O–H groups in total. The molecule has 0 radical (unpaired) electrons. The van der Waals surface area contributed by atoms with Gasteiger partial charge in [0.05, 0.1) is 7.11 Å². The number of hydrogen-bond acceptors (Lipinski definition) is 4. The van der Waals surface area contributed by atoms with E-state index in [4.69, 9.17) is 9.47 Å². The van der Waals surface area contributed by atoms with E-state index in [9.17, 15) is 9.59 Å². The summed E-state index contributed by atoms with van der Waals surface area (Å²) < 4.78 is 11.0. The molecule has 2 rings (SSSR count). The van der Waals surface area contributed by atoms with E-state index in [0.29, 0.717) is 18.7 Å². The summed E-state index contributed by atoms with van der Waals surface area (Å²) in [5.74, 6) is 0.523. The van der Waals surface area contributed by atoms with E-state index in [1.165, 1.54) is 4.90 Å². The third-order valence-electron chi connectivity index (χ3n) is 4.86. The Hall–Kier alpha value is -3.28. The second-order valence-electron chi connectivity index (χ2n) is 8.63. The summed E-state index contributed by atoms with van der Waals surface area (Å²) in [7, 11) is 3.33. The molecule has 1 unspecified atom stereocenters. The Morgan fingerprint density at radius 3 is 2.28 bits per heavy atom. The molecule has 0 fully saturated rings. The molecule has 0 saturated heterocycles. The van der Waals surface area contributed by atoms with E-state index in [1.807, 2.05) is 54.6 Å². The smallest absolute Gasteiger partial charge is 0.411 e. The lowest BCUT2D eigenvalue weighted by Gasteiger charge is -2.34. The molecule has 0 saturated carbocycles. The number of methoxy groups -OCH3 is 1. The van der Waals surface area contributed by atoms with Gasteiger partial charge in [-0.15, -0.1) is 6.58 Å². The Bertz CT molecular complexity index is 906. The number of benzene rings is 2. The maximum absolute atomic E-state index is 13.6. The van der Waals surface area contributed by atoms with Crippen LogP contribution in [-0.2, 0) is 22.5 Å². The molecule has 2 aromatic carbocycles. The summed E-state index contributed by atoms with van der Waals surface area (Å²) in [5, 5.41) is 0. The average Bonchev–Trinajstić information content (AvgIpc) is 2.75. The summed E-state index contributed by atoms with van der Waals surface area (Å²) >= 11 is 0. The van der Waals surface area contributed by atoms with Gasteiger partial charge < -0.3 is 14.4 Å². The van der Waals surface area contributed by atoms with Crippen LogP contribution >= 0.6 is 0 Å². The number of hydrogen-bond donors (Lipinski definition) is 0. The van der Waals surface area contributed by atoms with Gasteiger partial charge in [-0.1, -0.05) is 54.6 Å². The van der Waals surface area contributed by atoms with Crippen molar-refractivity contribution in [1.82, 2.24) is 9.80 Å². The minimum Gasteiger partial charge on any atom is -0.496 e. The lowest BCUT2D eigenvalue weighted by Crippen LogP contribution is -2.52. The Morgan fingerprint density at radius 2 is 1.69 bits per heavy atom. The number of amides is 2. The maximum Gasteiger partial charge on any atom is 0.411 e. The van der Waals surface area contributed by atoms with Crippen molar-refractivity contribution in [1.29, 1.82) is 0 Å². The maximum atomic E-state index is 13.6. The van der Waals surface area contributed by atoms with Crippen LogP contribution in [0, 0.1) is 0 Å². The lowest BCUT2D eigenvalue weighted by atomic mass is 10.0. The Kier molecular flexibility index (Phi) is 8.88. The van der Waals surface area contributed by atoms with Gasteiger partial charge in [0.1, 0.15) is 17.4 Å². The molecule has 0 aliphatic heterocycles. The quantitative estimate of drug-likeness (QED) is 0.533. The number of nitrogens with zero attached hydrogens (tertiary/aromatic N) is 2. The number of carbonyl (C=O) groups excluding carboxylic acids is 2. The van der Waals surface area contributed by atoms with Crippen molar-refractivity contribution >= 4 is 12.0 Å². The standard InChI is InChI=1S/C26H34N2O4/c1-7-17-28(25(30)32-26(2,3)4)22(18-20-13-9-8-10-14-20)24(29)27(5)19-21-15-11-12-16-23(21)31-6/h7-16,22H,1,17-19H2,2-6H3. The number of para-hydroxylation sites is 1. The van der Waals surface area contributed by atoms with Crippen molar-refractivity contribution in [2.45, 2.75) is 45.4 Å². The van der Waals surface area contributed by atoms with Crippen molar-refractivity contribution in [3.8, 4) is 5.75 Å². The third-order valence-corrected chi connectivity index (χ3v) is 4.86. The van der Waals surface area contributed by atoms with E-state index in [-0.39, 0.29) is 12.5 Å². The first-order chi connectivity index (χ1) is 15.2. The molecular formula is C26H34N2O4. The van der Waals surface area contributed by atoms with Gasteiger partial charge in [0, 0.05) is 32.1 Å². The highest BCUT2D eigenvalue weighted by Crippen LogP contribution is 2.21. The van der Waals surface area contributed by atoms with Crippen LogP contribution in [0.4, 0.5) is 4.79 Å². The van der Waals surface area contributed by atoms with Crippen molar-refractivity contribution in [3.05, 3.63) is 78.4 Å². The first-order valence-electron chi connectivity index (χ1n) is 10.7. The zero-order chi connectivity index (χ0) is 23.7. The zero-order valence-corrected chi connectivity index (χ0v) is 19.7. The fourth-order valence-electron chi connectivity index (χ4n) is 3.38. The molecule has 1 atom stereocenters. The minimum atomic E-state index is -0.745. The van der Waals surface area contributed by atoms with Crippen LogP contribution in [0.25, 0.3) is 0 Å². The number of likely N-dealkylation sites (N-methyl/N-ethyl adjacent to an activating group) is 1. The van der Waals surface area contributed by atoms with Gasteiger partial charge in [-0.2, -0.15) is 0 Å². The van der Waals surface area contributed by atoms with Gasteiger partial charge >= 0.3 is 6.09 Å². The van der Waals surface area contributed by atoms with Crippen molar-refractivity contribution < 1.29 is 19.1 Å². The summed E-state index contributed by atoms with van der Waals surface area (Å²) in [6.45, 7) is 9.73. The molecule has 0 bridgehead atoms. The molecule has 0 aromatic heterocycles. The van der Waals surface area contributed by atoms with Crippen molar-refractivity contribution in [2.24, 2.45) is 0 Å². The molecule has 0 heterocycles. The number of rotatable bonds is 9. The molecule has 2 aromatic rings. The fourth-order valence-corrected chi connectivity index (χ4v) is 3.38. The fraction of sp³-hybridized carbons (Fsp3) is 0.385. The summed E-state index contributed by atoms with van der Waals surface area (Å²) in [5.41, 5.74) is 1.16. The second kappa shape index (κ2) is 11.4. The van der Waals surface area contributed by atoms with Crippen LogP contribution in [0.3, 0.4) is 0 Å². The van der Waals surface area contributed by atoms with Gasteiger partial charge in [0.25, 0.3) is 0 Å². The van der Waals surface area contributed by atoms with E-state index in [1.54, 1.807) is 45.9 Å². The zero-order valence-electron chi connectivity index (χ0n) is 19.7. The predicted molar refractivity (Wildman–Crippen MR) is 127 cm³/mol.